The van der Waals surface area contributed by atoms with E-state index in [2.05, 4.69) is 11.1 Å². The van der Waals surface area contributed by atoms with E-state index in [1.807, 2.05) is 0 Å². The molecule has 1 saturated carbocycles. The standard InChI is InChI=1S/C17H14N2O3S/c18-9-10-2-1-3-11(8-10)15-16-12(4-5-14(16)20)19-13-6-7-23(21,22)17(13)15/h1-3,8,15-16H,4-7H2. The summed E-state index contributed by atoms with van der Waals surface area (Å²) in [6.45, 7) is 0. The molecule has 1 aliphatic carbocycles. The lowest BCUT2D eigenvalue weighted by atomic mass is 9.80. The highest BCUT2D eigenvalue weighted by molar-refractivity contribution is 7.95. The number of aliphatic imine (C=N–C) groups is 1. The number of carbonyl (C=O) groups excluding carboxylic acids is 1. The Labute approximate surface area is 134 Å². The monoisotopic (exact) mass is 326 g/mol. The zero-order chi connectivity index (χ0) is 16.2. The van der Waals surface area contributed by atoms with Crippen LogP contribution < -0.4 is 0 Å². The molecule has 2 unspecified atom stereocenters. The van der Waals surface area contributed by atoms with Crippen LogP contribution in [0.25, 0.3) is 0 Å². The van der Waals surface area contributed by atoms with Gasteiger partial charge in [-0.05, 0) is 24.1 Å². The highest BCUT2D eigenvalue weighted by Crippen LogP contribution is 2.48. The summed E-state index contributed by atoms with van der Waals surface area (Å²) in [7, 11) is -3.39. The van der Waals surface area contributed by atoms with E-state index in [9.17, 15) is 13.2 Å². The molecule has 3 aliphatic rings. The van der Waals surface area contributed by atoms with Crippen molar-refractivity contribution < 1.29 is 13.2 Å². The SMILES string of the molecule is N#Cc1cccc(C2C3=C(CCS3(=O)=O)N=C3CCC(=O)C32)c1. The summed E-state index contributed by atoms with van der Waals surface area (Å²) >= 11 is 0. The predicted molar refractivity (Wildman–Crippen MR) is 84.5 cm³/mol. The van der Waals surface area contributed by atoms with Crippen LogP contribution in [0.5, 0.6) is 0 Å². The molecule has 0 bridgehead atoms. The average molecular weight is 326 g/mol. The molecule has 0 aromatic heterocycles. The largest absolute Gasteiger partial charge is 0.299 e. The van der Waals surface area contributed by atoms with Crippen LogP contribution in [0, 0.1) is 17.2 Å². The Morgan fingerprint density at radius 1 is 1.17 bits per heavy atom. The molecule has 1 aromatic rings. The molecule has 23 heavy (non-hydrogen) atoms. The summed E-state index contributed by atoms with van der Waals surface area (Å²) in [4.78, 5) is 17.2. The fourth-order valence-electron chi connectivity index (χ4n) is 3.85. The third-order valence-electron chi connectivity index (χ3n) is 4.83. The molecule has 0 radical (unpaired) electrons. The first-order chi connectivity index (χ1) is 11.0. The van der Waals surface area contributed by atoms with Crippen LogP contribution in [0.2, 0.25) is 0 Å². The maximum atomic E-state index is 12.5. The van der Waals surface area contributed by atoms with E-state index in [4.69, 9.17) is 5.26 Å². The normalized spacial score (nSPS) is 28.1. The van der Waals surface area contributed by atoms with E-state index in [1.165, 1.54) is 0 Å². The first-order valence-corrected chi connectivity index (χ1v) is 9.22. The molecule has 0 saturated heterocycles. The number of carbonyl (C=O) groups is 1. The number of Topliss-reactive ketones (excluding diaryl/α,β-unsaturated/α-hetero) is 1. The summed E-state index contributed by atoms with van der Waals surface area (Å²) in [5.41, 5.74) is 2.60. The second-order valence-electron chi connectivity index (χ2n) is 6.14. The molecular weight excluding hydrogens is 312 g/mol. The van der Waals surface area contributed by atoms with Gasteiger partial charge in [0.1, 0.15) is 5.78 Å². The number of rotatable bonds is 1. The second-order valence-corrected chi connectivity index (χ2v) is 8.22. The van der Waals surface area contributed by atoms with Crippen LogP contribution in [-0.4, -0.2) is 25.7 Å². The molecule has 116 valence electrons. The highest BCUT2D eigenvalue weighted by atomic mass is 32.2. The molecule has 0 amide bonds. The molecule has 0 spiro atoms. The van der Waals surface area contributed by atoms with Gasteiger partial charge in [-0.25, -0.2) is 8.42 Å². The predicted octanol–water partition coefficient (Wildman–Crippen LogP) is 2.11. The Balaban J connectivity index is 1.95. The topological polar surface area (TPSA) is 87.4 Å². The molecule has 0 N–H and O–H groups in total. The Hall–Kier alpha value is -2.26. The summed E-state index contributed by atoms with van der Waals surface area (Å²) < 4.78 is 25.1. The van der Waals surface area contributed by atoms with E-state index in [-0.39, 0.29) is 11.5 Å². The minimum absolute atomic E-state index is 0.0461. The van der Waals surface area contributed by atoms with Gasteiger partial charge in [0.15, 0.2) is 9.84 Å². The number of hydrogen-bond donors (Lipinski definition) is 0. The smallest absolute Gasteiger partial charge is 0.177 e. The van der Waals surface area contributed by atoms with Gasteiger partial charge in [-0.15, -0.1) is 0 Å². The van der Waals surface area contributed by atoms with Crippen LogP contribution in [0.3, 0.4) is 0 Å². The molecule has 2 aliphatic heterocycles. The van der Waals surface area contributed by atoms with Gasteiger partial charge in [0.2, 0.25) is 0 Å². The second kappa shape index (κ2) is 4.87. The van der Waals surface area contributed by atoms with E-state index in [1.54, 1.807) is 24.3 Å². The minimum atomic E-state index is -3.39. The molecule has 1 aromatic carbocycles. The molecule has 1 fully saturated rings. The van der Waals surface area contributed by atoms with Gasteiger partial charge in [-0.3, -0.25) is 9.79 Å². The summed E-state index contributed by atoms with van der Waals surface area (Å²) in [5.74, 6) is -0.905. The molecule has 4 rings (SSSR count). The van der Waals surface area contributed by atoms with Gasteiger partial charge in [0.05, 0.1) is 33.9 Å². The van der Waals surface area contributed by atoms with Crippen LogP contribution in [0.1, 0.15) is 36.3 Å². The van der Waals surface area contributed by atoms with Crippen molar-refractivity contribution >= 4 is 21.3 Å². The molecule has 2 heterocycles. The van der Waals surface area contributed by atoms with Crippen molar-refractivity contribution in [3.8, 4) is 6.07 Å². The van der Waals surface area contributed by atoms with Gasteiger partial charge in [-0.1, -0.05) is 12.1 Å². The van der Waals surface area contributed by atoms with Crippen molar-refractivity contribution in [3.05, 3.63) is 46.0 Å². The van der Waals surface area contributed by atoms with Crippen molar-refractivity contribution in [2.45, 2.75) is 25.2 Å². The van der Waals surface area contributed by atoms with Crippen molar-refractivity contribution in [1.82, 2.24) is 0 Å². The van der Waals surface area contributed by atoms with Gasteiger partial charge in [0, 0.05) is 24.5 Å². The number of allylic oxidation sites excluding steroid dienone is 2. The number of nitriles is 1. The molecular formula is C17H14N2O3S. The molecule has 5 nitrogen and oxygen atoms in total. The van der Waals surface area contributed by atoms with E-state index in [0.29, 0.717) is 35.4 Å². The van der Waals surface area contributed by atoms with Crippen LogP contribution in [0.4, 0.5) is 0 Å². The maximum Gasteiger partial charge on any atom is 0.177 e. The summed E-state index contributed by atoms with van der Waals surface area (Å²) in [6, 6.07) is 8.99. The fourth-order valence-corrected chi connectivity index (χ4v) is 5.70. The first kappa shape index (κ1) is 14.3. The van der Waals surface area contributed by atoms with Crippen LogP contribution >= 0.6 is 0 Å². The average Bonchev–Trinajstić information content (AvgIpc) is 3.06. The van der Waals surface area contributed by atoms with Gasteiger partial charge >= 0.3 is 0 Å². The number of ketones is 1. The first-order valence-electron chi connectivity index (χ1n) is 7.57. The third kappa shape index (κ3) is 2.07. The van der Waals surface area contributed by atoms with E-state index >= 15 is 0 Å². The Kier molecular flexibility index (Phi) is 3.03. The van der Waals surface area contributed by atoms with Crippen LogP contribution in [0.15, 0.2) is 39.9 Å². The van der Waals surface area contributed by atoms with Gasteiger partial charge in [0.25, 0.3) is 0 Å². The maximum absolute atomic E-state index is 12.5. The lowest BCUT2D eigenvalue weighted by Crippen LogP contribution is -2.30. The van der Waals surface area contributed by atoms with Gasteiger partial charge in [-0.2, -0.15) is 5.26 Å². The quantitative estimate of drug-likeness (QED) is 0.790. The Bertz CT molecular complexity index is 935. The minimum Gasteiger partial charge on any atom is -0.299 e. The fraction of sp³-hybridized carbons (Fsp3) is 0.353. The van der Waals surface area contributed by atoms with Crippen molar-refractivity contribution in [2.24, 2.45) is 10.9 Å². The third-order valence-corrected chi connectivity index (χ3v) is 6.73. The summed E-state index contributed by atoms with van der Waals surface area (Å²) in [6.07, 6.45) is 1.43. The number of nitrogens with zero attached hydrogens (tertiary/aromatic N) is 2. The zero-order valence-corrected chi connectivity index (χ0v) is 13.1. The molecule has 6 heteroatoms. The van der Waals surface area contributed by atoms with E-state index < -0.39 is 21.7 Å². The Morgan fingerprint density at radius 3 is 2.78 bits per heavy atom. The lowest BCUT2D eigenvalue weighted by molar-refractivity contribution is -0.120. The van der Waals surface area contributed by atoms with Crippen molar-refractivity contribution in [2.75, 3.05) is 5.75 Å². The highest BCUT2D eigenvalue weighted by Gasteiger charge is 2.49. The summed E-state index contributed by atoms with van der Waals surface area (Å²) in [5, 5.41) is 9.12. The van der Waals surface area contributed by atoms with E-state index in [0.717, 1.165) is 11.3 Å². The molecule has 2 atom stereocenters. The zero-order valence-electron chi connectivity index (χ0n) is 12.3. The number of hydrogen-bond acceptors (Lipinski definition) is 5. The Morgan fingerprint density at radius 2 is 2.00 bits per heavy atom. The van der Waals surface area contributed by atoms with Crippen molar-refractivity contribution in [3.63, 3.8) is 0 Å². The van der Waals surface area contributed by atoms with Gasteiger partial charge < -0.3 is 0 Å². The van der Waals surface area contributed by atoms with Crippen molar-refractivity contribution in [1.29, 1.82) is 5.26 Å². The number of fused-ring (bicyclic) bond motifs is 1. The number of benzene rings is 1. The van der Waals surface area contributed by atoms with Crippen LogP contribution in [-0.2, 0) is 14.6 Å². The lowest BCUT2D eigenvalue weighted by Gasteiger charge is -2.28. The number of sulfone groups is 1.